The van der Waals surface area contributed by atoms with Crippen LogP contribution in [0.1, 0.15) is 39.3 Å². The van der Waals surface area contributed by atoms with E-state index < -0.39 is 5.82 Å². The second-order valence-electron chi connectivity index (χ2n) is 8.66. The average molecular weight is 522 g/mol. The van der Waals surface area contributed by atoms with Crippen LogP contribution >= 0.6 is 11.8 Å². The van der Waals surface area contributed by atoms with Gasteiger partial charge in [-0.15, -0.1) is 0 Å². The van der Waals surface area contributed by atoms with E-state index in [1.54, 1.807) is 30.3 Å². The Kier molecular flexibility index (Phi) is 7.47. The molecule has 10 heteroatoms. The van der Waals surface area contributed by atoms with Crippen molar-refractivity contribution < 1.29 is 23.1 Å². The van der Waals surface area contributed by atoms with E-state index in [4.69, 9.17) is 9.15 Å². The molecule has 1 atom stereocenters. The van der Waals surface area contributed by atoms with E-state index in [1.807, 2.05) is 0 Å². The first-order valence-electron chi connectivity index (χ1n) is 11.9. The number of furan rings is 1. The van der Waals surface area contributed by atoms with Gasteiger partial charge >= 0.3 is 0 Å². The van der Waals surface area contributed by atoms with Crippen molar-refractivity contribution >= 4 is 34.4 Å². The number of nitrogens with zero attached hydrogens (tertiary/aromatic N) is 2. The molecule has 1 fully saturated rings. The van der Waals surface area contributed by atoms with Gasteiger partial charge in [-0.25, -0.2) is 9.37 Å². The van der Waals surface area contributed by atoms with Crippen LogP contribution in [-0.2, 0) is 11.3 Å². The fourth-order valence-corrected chi connectivity index (χ4v) is 5.01. The second-order valence-corrected chi connectivity index (χ2v) is 9.60. The summed E-state index contributed by atoms with van der Waals surface area (Å²) in [5.74, 6) is -0.391. The van der Waals surface area contributed by atoms with Crippen molar-refractivity contribution in [2.24, 2.45) is 0 Å². The fourth-order valence-electron chi connectivity index (χ4n) is 4.11. The van der Waals surface area contributed by atoms with Gasteiger partial charge in [0.15, 0.2) is 10.9 Å². The molecule has 1 saturated heterocycles. The number of hydrogen-bond donors (Lipinski definition) is 1. The number of carbonyl (C=O) groups excluding carboxylic acids is 2. The Morgan fingerprint density at radius 2 is 1.95 bits per heavy atom. The standard InChI is InChI=1S/C27H24FN3O5S/c28-19-8-5-17(6-9-19)24(32)16-37-27-30-23-13-18(25(33)29-14-20-3-1-11-35-20)7-10-22(23)26(34)31(27)15-21-4-2-12-36-21/h2,4-10,12-13,20H,1,3,11,14-16H2,(H,29,33)/t20-/m0/s1. The van der Waals surface area contributed by atoms with Crippen molar-refractivity contribution in [1.82, 2.24) is 14.9 Å². The third-order valence-electron chi connectivity index (χ3n) is 6.09. The predicted octanol–water partition coefficient (Wildman–Crippen LogP) is 4.06. The molecule has 0 saturated carbocycles. The Balaban J connectivity index is 1.43. The summed E-state index contributed by atoms with van der Waals surface area (Å²) in [6.07, 6.45) is 3.42. The van der Waals surface area contributed by atoms with E-state index in [1.165, 1.54) is 35.1 Å². The molecule has 0 aliphatic carbocycles. The molecule has 1 aliphatic heterocycles. The zero-order valence-corrected chi connectivity index (χ0v) is 20.6. The lowest BCUT2D eigenvalue weighted by Gasteiger charge is -2.13. The summed E-state index contributed by atoms with van der Waals surface area (Å²) in [6.45, 7) is 1.25. The van der Waals surface area contributed by atoms with E-state index in [9.17, 15) is 18.8 Å². The van der Waals surface area contributed by atoms with Gasteiger partial charge in [-0.2, -0.15) is 0 Å². The zero-order valence-electron chi connectivity index (χ0n) is 19.8. The van der Waals surface area contributed by atoms with Crippen molar-refractivity contribution in [3.8, 4) is 0 Å². The van der Waals surface area contributed by atoms with Gasteiger partial charge < -0.3 is 14.5 Å². The summed E-state index contributed by atoms with van der Waals surface area (Å²) in [5.41, 5.74) is 0.769. The van der Waals surface area contributed by atoms with E-state index in [0.29, 0.717) is 46.1 Å². The van der Waals surface area contributed by atoms with Crippen LogP contribution in [0.4, 0.5) is 4.39 Å². The monoisotopic (exact) mass is 521 g/mol. The summed E-state index contributed by atoms with van der Waals surface area (Å²) < 4.78 is 25.7. The first-order chi connectivity index (χ1) is 18.0. The summed E-state index contributed by atoms with van der Waals surface area (Å²) in [7, 11) is 0. The number of fused-ring (bicyclic) bond motifs is 1. The smallest absolute Gasteiger partial charge is 0.262 e. The molecule has 5 rings (SSSR count). The molecule has 0 bridgehead atoms. The van der Waals surface area contributed by atoms with Gasteiger partial charge in [0, 0.05) is 24.3 Å². The first kappa shape index (κ1) is 24.9. The number of Topliss-reactive ketones (excluding diaryl/α,β-unsaturated/α-hetero) is 1. The van der Waals surface area contributed by atoms with Gasteiger partial charge in [0.2, 0.25) is 0 Å². The van der Waals surface area contributed by atoms with E-state index in [-0.39, 0.29) is 35.7 Å². The first-order valence-corrected chi connectivity index (χ1v) is 12.8. The Morgan fingerprint density at radius 3 is 2.68 bits per heavy atom. The lowest BCUT2D eigenvalue weighted by Crippen LogP contribution is -2.31. The number of hydrogen-bond acceptors (Lipinski definition) is 7. The number of benzene rings is 2. The van der Waals surface area contributed by atoms with Gasteiger partial charge in [-0.1, -0.05) is 11.8 Å². The Hall–Kier alpha value is -3.76. The highest BCUT2D eigenvalue weighted by Crippen LogP contribution is 2.22. The maximum absolute atomic E-state index is 13.4. The maximum atomic E-state index is 13.4. The Bertz CT molecular complexity index is 1480. The molecule has 0 unspecified atom stereocenters. The van der Waals surface area contributed by atoms with Crippen LogP contribution in [0.5, 0.6) is 0 Å². The number of carbonyl (C=O) groups is 2. The molecule has 0 radical (unpaired) electrons. The number of rotatable bonds is 9. The highest BCUT2D eigenvalue weighted by atomic mass is 32.2. The van der Waals surface area contributed by atoms with Crippen molar-refractivity contribution in [2.75, 3.05) is 18.9 Å². The van der Waals surface area contributed by atoms with Crippen molar-refractivity contribution in [3.05, 3.63) is 93.9 Å². The molecule has 0 spiro atoms. The Labute approximate surface area is 215 Å². The molecule has 3 heterocycles. The number of ketones is 1. The van der Waals surface area contributed by atoms with Gasteiger partial charge in [0.25, 0.3) is 11.5 Å². The molecule has 2 aromatic heterocycles. The van der Waals surface area contributed by atoms with Crippen LogP contribution < -0.4 is 10.9 Å². The van der Waals surface area contributed by atoms with Crippen LogP contribution in [0.15, 0.2) is 75.2 Å². The Morgan fingerprint density at radius 1 is 1.14 bits per heavy atom. The quantitative estimate of drug-likeness (QED) is 0.201. The summed E-state index contributed by atoms with van der Waals surface area (Å²) in [4.78, 5) is 43.5. The van der Waals surface area contributed by atoms with E-state index in [0.717, 1.165) is 24.6 Å². The predicted molar refractivity (Wildman–Crippen MR) is 137 cm³/mol. The van der Waals surface area contributed by atoms with E-state index >= 15 is 0 Å². The van der Waals surface area contributed by atoms with Crippen LogP contribution in [0.3, 0.4) is 0 Å². The normalized spacial score (nSPS) is 15.2. The van der Waals surface area contributed by atoms with Crippen LogP contribution in [-0.4, -0.2) is 46.2 Å². The molecule has 4 aromatic rings. The topological polar surface area (TPSA) is 103 Å². The lowest BCUT2D eigenvalue weighted by atomic mass is 10.1. The van der Waals surface area contributed by atoms with Gasteiger partial charge in [-0.05, 0) is 67.4 Å². The fraction of sp³-hybridized carbons (Fsp3) is 0.259. The number of aromatic nitrogens is 2. The number of halogens is 1. The van der Waals surface area contributed by atoms with Gasteiger partial charge in [0.05, 0.1) is 35.6 Å². The number of thioether (sulfide) groups is 1. The minimum atomic E-state index is -0.428. The molecule has 1 amide bonds. The minimum Gasteiger partial charge on any atom is -0.467 e. The molecule has 2 aromatic carbocycles. The molecule has 1 N–H and O–H groups in total. The van der Waals surface area contributed by atoms with Crippen molar-refractivity contribution in [3.63, 3.8) is 0 Å². The van der Waals surface area contributed by atoms with Crippen molar-refractivity contribution in [2.45, 2.75) is 30.6 Å². The molecule has 1 aliphatic rings. The van der Waals surface area contributed by atoms with Gasteiger partial charge in [0.1, 0.15) is 11.6 Å². The molecule has 37 heavy (non-hydrogen) atoms. The number of ether oxygens (including phenoxy) is 1. The minimum absolute atomic E-state index is 0.0106. The summed E-state index contributed by atoms with van der Waals surface area (Å²) in [6, 6.07) is 13.5. The number of amides is 1. The van der Waals surface area contributed by atoms with Crippen LogP contribution in [0, 0.1) is 5.82 Å². The molecular weight excluding hydrogens is 497 g/mol. The second kappa shape index (κ2) is 11.1. The molecule has 190 valence electrons. The van der Waals surface area contributed by atoms with Crippen molar-refractivity contribution in [1.29, 1.82) is 0 Å². The average Bonchev–Trinajstić information content (AvgIpc) is 3.62. The molecule has 8 nitrogen and oxygen atoms in total. The highest BCUT2D eigenvalue weighted by Gasteiger charge is 2.19. The SMILES string of the molecule is O=C(CSc1nc2cc(C(=O)NC[C@@H]3CCCO3)ccc2c(=O)n1Cc1ccco1)c1ccc(F)cc1. The number of nitrogens with one attached hydrogen (secondary N) is 1. The highest BCUT2D eigenvalue weighted by molar-refractivity contribution is 7.99. The van der Waals surface area contributed by atoms with E-state index in [2.05, 4.69) is 10.3 Å². The lowest BCUT2D eigenvalue weighted by molar-refractivity contribution is 0.0857. The zero-order chi connectivity index (χ0) is 25.8. The summed E-state index contributed by atoms with van der Waals surface area (Å²) >= 11 is 1.10. The van der Waals surface area contributed by atoms with Gasteiger partial charge in [-0.3, -0.25) is 19.0 Å². The summed E-state index contributed by atoms with van der Waals surface area (Å²) in [5, 5.41) is 3.52. The third kappa shape index (κ3) is 5.81. The van der Waals surface area contributed by atoms with Crippen LogP contribution in [0.2, 0.25) is 0 Å². The maximum Gasteiger partial charge on any atom is 0.262 e. The molecular formula is C27H24FN3O5S. The van der Waals surface area contributed by atoms with Crippen LogP contribution in [0.25, 0.3) is 10.9 Å². The largest absolute Gasteiger partial charge is 0.467 e. The third-order valence-corrected chi connectivity index (χ3v) is 7.07.